The number of carbonyl (C=O) groups is 2. The van der Waals surface area contributed by atoms with Crippen LogP contribution in [-0.4, -0.2) is 23.8 Å². The molecular weight excluding hydrogens is 286 g/mol. The van der Waals surface area contributed by atoms with Gasteiger partial charge in [-0.3, -0.25) is 14.5 Å². The summed E-state index contributed by atoms with van der Waals surface area (Å²) < 4.78 is 0. The second kappa shape index (κ2) is 5.45. The Bertz CT molecular complexity index is 598. The molecule has 3 nitrogen and oxygen atoms in total. The van der Waals surface area contributed by atoms with E-state index in [1.807, 2.05) is 18.2 Å². The van der Waals surface area contributed by atoms with E-state index in [0.717, 1.165) is 17.5 Å². The van der Waals surface area contributed by atoms with Crippen molar-refractivity contribution in [1.82, 2.24) is 4.90 Å². The Hall–Kier alpha value is -1.35. The molecule has 21 heavy (non-hydrogen) atoms. The molecule has 1 saturated carbocycles. The number of fused-ring (bicyclic) bond motifs is 1. The molecule has 1 aromatic rings. The van der Waals surface area contributed by atoms with Crippen molar-refractivity contribution < 1.29 is 9.59 Å². The van der Waals surface area contributed by atoms with Crippen molar-refractivity contribution in [3.8, 4) is 0 Å². The lowest BCUT2D eigenvalue weighted by Crippen LogP contribution is -2.39. The van der Waals surface area contributed by atoms with Crippen LogP contribution in [0.25, 0.3) is 0 Å². The van der Waals surface area contributed by atoms with Crippen LogP contribution in [-0.2, 0) is 11.2 Å². The molecule has 2 amide bonds. The molecule has 3 unspecified atom stereocenters. The maximum Gasteiger partial charge on any atom is 0.260 e. The molecule has 1 aliphatic heterocycles. The molecule has 0 saturated heterocycles. The molecule has 1 aliphatic carbocycles. The number of likely N-dealkylation sites (N-methyl/N-ethyl adjacent to an activating group) is 1. The van der Waals surface area contributed by atoms with E-state index >= 15 is 0 Å². The molecule has 1 aromatic carbocycles. The number of nitrogens with zero attached hydrogens (tertiary/aromatic N) is 1. The van der Waals surface area contributed by atoms with E-state index in [4.69, 9.17) is 11.6 Å². The summed E-state index contributed by atoms with van der Waals surface area (Å²) in [5.41, 5.74) is 2.45. The highest BCUT2D eigenvalue weighted by atomic mass is 35.5. The van der Waals surface area contributed by atoms with Crippen molar-refractivity contribution in [3.63, 3.8) is 0 Å². The average molecular weight is 306 g/mol. The van der Waals surface area contributed by atoms with Crippen molar-refractivity contribution in [2.45, 2.75) is 38.0 Å². The Labute approximate surface area is 130 Å². The zero-order valence-electron chi connectivity index (χ0n) is 12.4. The minimum Gasteiger partial charge on any atom is -0.281 e. The van der Waals surface area contributed by atoms with Gasteiger partial charge in [-0.25, -0.2) is 0 Å². The highest BCUT2D eigenvalue weighted by Gasteiger charge is 2.33. The predicted octanol–water partition coefficient (Wildman–Crippen LogP) is 3.56. The highest BCUT2D eigenvalue weighted by molar-refractivity contribution is 6.21. The molecular formula is C17H20ClNO2. The van der Waals surface area contributed by atoms with Gasteiger partial charge in [0.1, 0.15) is 0 Å². The number of hydrogen-bond donors (Lipinski definition) is 0. The summed E-state index contributed by atoms with van der Waals surface area (Å²) in [6.07, 6.45) is 3.91. The van der Waals surface area contributed by atoms with Gasteiger partial charge < -0.3 is 0 Å². The number of halogens is 1. The summed E-state index contributed by atoms with van der Waals surface area (Å²) in [5.74, 6) is 0.741. The smallest absolute Gasteiger partial charge is 0.260 e. The first-order valence-electron chi connectivity index (χ1n) is 7.57. The number of imide groups is 1. The third-order valence-electron chi connectivity index (χ3n) is 5.01. The molecule has 3 rings (SSSR count). The molecule has 1 heterocycles. The lowest BCUT2D eigenvalue weighted by atomic mass is 9.88. The van der Waals surface area contributed by atoms with E-state index in [2.05, 4.69) is 6.92 Å². The second-order valence-corrected chi connectivity index (χ2v) is 6.80. The maximum atomic E-state index is 12.2. The van der Waals surface area contributed by atoms with Crippen LogP contribution in [0.5, 0.6) is 0 Å². The summed E-state index contributed by atoms with van der Waals surface area (Å²) in [7, 11) is 1.54. The summed E-state index contributed by atoms with van der Waals surface area (Å²) in [6.45, 7) is 2.25. The fraction of sp³-hybridized carbons (Fsp3) is 0.529. The molecule has 0 aromatic heterocycles. The Balaban J connectivity index is 1.92. The monoisotopic (exact) mass is 305 g/mol. The Morgan fingerprint density at radius 2 is 2.05 bits per heavy atom. The molecule has 2 aliphatic rings. The Morgan fingerprint density at radius 3 is 2.71 bits per heavy atom. The summed E-state index contributed by atoms with van der Waals surface area (Å²) in [4.78, 5) is 25.2. The number of carbonyl (C=O) groups excluding carboxylic acids is 2. The first-order valence-corrected chi connectivity index (χ1v) is 8.00. The van der Waals surface area contributed by atoms with Crippen LogP contribution in [0, 0.1) is 11.8 Å². The molecule has 1 fully saturated rings. The van der Waals surface area contributed by atoms with Crippen LogP contribution in [0.15, 0.2) is 18.2 Å². The van der Waals surface area contributed by atoms with Crippen LogP contribution in [0.2, 0.25) is 0 Å². The number of alkyl halides is 1. The quantitative estimate of drug-likeness (QED) is 0.619. The zero-order chi connectivity index (χ0) is 15.1. The minimum atomic E-state index is -0.216. The van der Waals surface area contributed by atoms with Crippen molar-refractivity contribution >= 4 is 23.4 Å². The third kappa shape index (κ3) is 2.48. The molecule has 0 radical (unpaired) electrons. The summed E-state index contributed by atoms with van der Waals surface area (Å²) in [5, 5.41) is -0.0523. The number of hydrogen-bond acceptors (Lipinski definition) is 2. The first kappa shape index (κ1) is 14.6. The SMILES string of the molecule is CC1CCCC1C(Cl)c1ccc2c(c1)C(=O)N(C)C(=O)C2. The van der Waals surface area contributed by atoms with Gasteiger partial charge in [-0.15, -0.1) is 11.6 Å². The second-order valence-electron chi connectivity index (χ2n) is 6.33. The largest absolute Gasteiger partial charge is 0.281 e. The fourth-order valence-corrected chi connectivity index (χ4v) is 4.06. The van der Waals surface area contributed by atoms with E-state index in [9.17, 15) is 9.59 Å². The summed E-state index contributed by atoms with van der Waals surface area (Å²) >= 11 is 6.67. The van der Waals surface area contributed by atoms with Crippen molar-refractivity contribution in [1.29, 1.82) is 0 Å². The normalized spacial score (nSPS) is 26.9. The number of benzene rings is 1. The van der Waals surface area contributed by atoms with Gasteiger partial charge in [-0.2, -0.15) is 0 Å². The van der Waals surface area contributed by atoms with Gasteiger partial charge >= 0.3 is 0 Å². The molecule has 112 valence electrons. The van der Waals surface area contributed by atoms with Crippen molar-refractivity contribution in [2.75, 3.05) is 7.05 Å². The van der Waals surface area contributed by atoms with Gasteiger partial charge in [0.15, 0.2) is 0 Å². The topological polar surface area (TPSA) is 37.4 Å². The fourth-order valence-electron chi connectivity index (χ4n) is 3.55. The molecule has 0 spiro atoms. The van der Waals surface area contributed by atoms with Gasteiger partial charge in [0, 0.05) is 12.6 Å². The van der Waals surface area contributed by atoms with E-state index in [1.165, 1.54) is 24.8 Å². The highest BCUT2D eigenvalue weighted by Crippen LogP contribution is 2.44. The van der Waals surface area contributed by atoms with Crippen LogP contribution < -0.4 is 0 Å². The minimum absolute atomic E-state index is 0.0523. The number of rotatable bonds is 2. The van der Waals surface area contributed by atoms with E-state index < -0.39 is 0 Å². The van der Waals surface area contributed by atoms with Gasteiger partial charge in [0.05, 0.1) is 11.8 Å². The molecule has 3 atom stereocenters. The predicted molar refractivity (Wildman–Crippen MR) is 82.3 cm³/mol. The Kier molecular flexibility index (Phi) is 3.78. The number of amides is 2. The van der Waals surface area contributed by atoms with Crippen LogP contribution >= 0.6 is 11.6 Å². The first-order chi connectivity index (χ1) is 9.99. The van der Waals surface area contributed by atoms with Gasteiger partial charge in [-0.1, -0.05) is 31.9 Å². The van der Waals surface area contributed by atoms with Crippen LogP contribution in [0.1, 0.15) is 53.0 Å². The molecule has 0 bridgehead atoms. The van der Waals surface area contributed by atoms with Crippen LogP contribution in [0.3, 0.4) is 0 Å². The van der Waals surface area contributed by atoms with E-state index in [1.54, 1.807) is 0 Å². The van der Waals surface area contributed by atoms with Gasteiger partial charge in [0.25, 0.3) is 5.91 Å². The standard InChI is InChI=1S/C17H20ClNO2/c1-10-4-3-5-13(10)16(18)12-7-6-11-9-15(20)19(2)17(21)14(11)8-12/h6-8,10,13,16H,3-5,9H2,1-2H3. The Morgan fingerprint density at radius 1 is 1.29 bits per heavy atom. The maximum absolute atomic E-state index is 12.2. The average Bonchev–Trinajstić information content (AvgIpc) is 2.90. The molecule has 0 N–H and O–H groups in total. The lowest BCUT2D eigenvalue weighted by molar-refractivity contribution is -0.127. The zero-order valence-corrected chi connectivity index (χ0v) is 13.2. The third-order valence-corrected chi connectivity index (χ3v) is 5.58. The van der Waals surface area contributed by atoms with Gasteiger partial charge in [-0.05, 0) is 35.4 Å². The van der Waals surface area contributed by atoms with Gasteiger partial charge in [0.2, 0.25) is 5.91 Å². The van der Waals surface area contributed by atoms with Crippen molar-refractivity contribution in [3.05, 3.63) is 34.9 Å². The van der Waals surface area contributed by atoms with E-state index in [0.29, 0.717) is 23.8 Å². The van der Waals surface area contributed by atoms with E-state index in [-0.39, 0.29) is 17.2 Å². The lowest BCUT2D eigenvalue weighted by Gasteiger charge is -2.26. The van der Waals surface area contributed by atoms with Crippen molar-refractivity contribution in [2.24, 2.45) is 11.8 Å². The molecule has 4 heteroatoms. The summed E-state index contributed by atoms with van der Waals surface area (Å²) in [6, 6.07) is 5.76. The van der Waals surface area contributed by atoms with Crippen LogP contribution in [0.4, 0.5) is 0 Å².